The van der Waals surface area contributed by atoms with E-state index < -0.39 is 6.04 Å². The highest BCUT2D eigenvalue weighted by molar-refractivity contribution is 7.22. The Bertz CT molecular complexity index is 934. The molecule has 0 aliphatic heterocycles. The maximum Gasteiger partial charge on any atom is 0.262 e. The number of hydrazone groups is 1. The predicted octanol–water partition coefficient (Wildman–Crippen LogP) is 3.81. The number of hydrogen-bond acceptors (Lipinski definition) is 6. The van der Waals surface area contributed by atoms with Gasteiger partial charge < -0.3 is 10.1 Å². The van der Waals surface area contributed by atoms with Crippen molar-refractivity contribution in [2.75, 3.05) is 11.9 Å². The molecule has 3 aromatic rings. The van der Waals surface area contributed by atoms with Crippen LogP contribution in [0.25, 0.3) is 10.2 Å². The van der Waals surface area contributed by atoms with Crippen LogP contribution < -0.4 is 15.5 Å². The highest BCUT2D eigenvalue weighted by Crippen LogP contribution is 2.25. The second-order valence-electron chi connectivity index (χ2n) is 5.72. The predicted molar refractivity (Wildman–Crippen MR) is 111 cm³/mol. The Balaban J connectivity index is 1.58. The Kier molecular flexibility index (Phi) is 6.17. The van der Waals surface area contributed by atoms with Gasteiger partial charge in [0.15, 0.2) is 5.13 Å². The first-order valence-electron chi connectivity index (χ1n) is 8.45. The van der Waals surface area contributed by atoms with Crippen LogP contribution in [0.1, 0.15) is 12.5 Å². The second kappa shape index (κ2) is 8.95. The van der Waals surface area contributed by atoms with E-state index >= 15 is 0 Å². The minimum absolute atomic E-state index is 0.255. The van der Waals surface area contributed by atoms with Crippen LogP contribution in [0.4, 0.5) is 5.13 Å². The van der Waals surface area contributed by atoms with Crippen LogP contribution in [-0.2, 0) is 4.79 Å². The Morgan fingerprint density at radius 2 is 2.07 bits per heavy atom. The zero-order chi connectivity index (χ0) is 19.1. The molecule has 27 heavy (non-hydrogen) atoms. The molecule has 1 atom stereocenters. The zero-order valence-corrected chi connectivity index (χ0v) is 15.7. The Labute approximate surface area is 161 Å². The molecule has 0 spiro atoms. The van der Waals surface area contributed by atoms with Crippen molar-refractivity contribution in [2.24, 2.45) is 5.10 Å². The number of nitrogens with one attached hydrogen (secondary N) is 2. The lowest BCUT2D eigenvalue weighted by atomic mass is 10.2. The monoisotopic (exact) mass is 380 g/mol. The van der Waals surface area contributed by atoms with Crippen LogP contribution in [0.15, 0.2) is 66.3 Å². The molecule has 2 N–H and O–H groups in total. The van der Waals surface area contributed by atoms with E-state index in [2.05, 4.69) is 27.4 Å². The normalized spacial score (nSPS) is 12.0. The van der Waals surface area contributed by atoms with E-state index in [0.717, 1.165) is 15.8 Å². The fraction of sp³-hybridized carbons (Fsp3) is 0.150. The first kappa shape index (κ1) is 18.6. The van der Waals surface area contributed by atoms with Gasteiger partial charge in [-0.05, 0) is 31.2 Å². The molecular formula is C20H20N4O2S. The lowest BCUT2D eigenvalue weighted by Crippen LogP contribution is -2.34. The van der Waals surface area contributed by atoms with Gasteiger partial charge in [-0.2, -0.15) is 5.10 Å². The topological polar surface area (TPSA) is 75.6 Å². The summed E-state index contributed by atoms with van der Waals surface area (Å²) in [6.07, 6.45) is 3.23. The summed E-state index contributed by atoms with van der Waals surface area (Å²) in [6, 6.07) is 14.8. The third-order valence-electron chi connectivity index (χ3n) is 3.68. The molecule has 0 saturated heterocycles. The van der Waals surface area contributed by atoms with Crippen molar-refractivity contribution in [1.29, 1.82) is 0 Å². The van der Waals surface area contributed by atoms with Gasteiger partial charge in [-0.15, -0.1) is 0 Å². The molecule has 138 valence electrons. The molecule has 0 aliphatic rings. The average molecular weight is 380 g/mol. The van der Waals surface area contributed by atoms with E-state index in [9.17, 15) is 4.79 Å². The number of carbonyl (C=O) groups excluding carboxylic acids is 1. The molecule has 0 unspecified atom stereocenters. The standard InChI is InChI=1S/C20H20N4O2S/c1-3-12-26-17-10-6-4-8-15(17)13-21-24-19(25)14(2)22-20-23-16-9-5-7-11-18(16)27-20/h3-11,13-14H,1,12H2,2H3,(H,22,23)(H,24,25)/b21-13-/t14-/m0/s1. The smallest absolute Gasteiger partial charge is 0.262 e. The molecule has 6 nitrogen and oxygen atoms in total. The van der Waals surface area contributed by atoms with Gasteiger partial charge in [-0.25, -0.2) is 10.4 Å². The van der Waals surface area contributed by atoms with Crippen LogP contribution in [0.5, 0.6) is 5.75 Å². The van der Waals surface area contributed by atoms with Crippen molar-refractivity contribution in [1.82, 2.24) is 10.4 Å². The highest BCUT2D eigenvalue weighted by atomic mass is 32.1. The molecule has 1 amide bonds. The molecule has 1 heterocycles. The Hall–Kier alpha value is -3.19. The van der Waals surface area contributed by atoms with Gasteiger partial charge in [0.1, 0.15) is 18.4 Å². The van der Waals surface area contributed by atoms with Crippen molar-refractivity contribution in [3.8, 4) is 5.75 Å². The summed E-state index contributed by atoms with van der Waals surface area (Å²) in [7, 11) is 0. The molecule has 3 rings (SSSR count). The lowest BCUT2D eigenvalue weighted by Gasteiger charge is -2.10. The third-order valence-corrected chi connectivity index (χ3v) is 4.65. The van der Waals surface area contributed by atoms with E-state index in [4.69, 9.17) is 4.74 Å². The minimum atomic E-state index is -0.477. The van der Waals surface area contributed by atoms with E-state index in [0.29, 0.717) is 17.5 Å². The van der Waals surface area contributed by atoms with Gasteiger partial charge in [0.2, 0.25) is 0 Å². The quantitative estimate of drug-likeness (QED) is 0.354. The van der Waals surface area contributed by atoms with Crippen LogP contribution >= 0.6 is 11.3 Å². The number of carbonyl (C=O) groups is 1. The van der Waals surface area contributed by atoms with Crippen molar-refractivity contribution in [2.45, 2.75) is 13.0 Å². The Morgan fingerprint density at radius 3 is 2.89 bits per heavy atom. The fourth-order valence-corrected chi connectivity index (χ4v) is 3.27. The first-order chi connectivity index (χ1) is 13.2. The molecule has 2 aromatic carbocycles. The number of aromatic nitrogens is 1. The number of benzene rings is 2. The number of fused-ring (bicyclic) bond motifs is 1. The summed E-state index contributed by atoms with van der Waals surface area (Å²) in [5.74, 6) is 0.422. The van der Waals surface area contributed by atoms with Crippen molar-refractivity contribution in [3.63, 3.8) is 0 Å². The summed E-state index contributed by atoms with van der Waals surface area (Å²) in [4.78, 5) is 16.7. The number of anilines is 1. The number of rotatable bonds is 8. The van der Waals surface area contributed by atoms with Crippen LogP contribution in [0, 0.1) is 0 Å². The summed E-state index contributed by atoms with van der Waals surface area (Å²) in [5.41, 5.74) is 4.22. The summed E-state index contributed by atoms with van der Waals surface area (Å²) in [6.45, 7) is 5.80. The van der Waals surface area contributed by atoms with Gasteiger partial charge in [0.25, 0.3) is 5.91 Å². The average Bonchev–Trinajstić information content (AvgIpc) is 3.09. The molecule has 0 radical (unpaired) electrons. The van der Waals surface area contributed by atoms with Crippen LogP contribution in [0.3, 0.4) is 0 Å². The van der Waals surface area contributed by atoms with Crippen molar-refractivity contribution < 1.29 is 9.53 Å². The minimum Gasteiger partial charge on any atom is -0.489 e. The second-order valence-corrected chi connectivity index (χ2v) is 6.76. The number of nitrogens with zero attached hydrogens (tertiary/aromatic N) is 2. The summed E-state index contributed by atoms with van der Waals surface area (Å²) >= 11 is 1.51. The number of para-hydroxylation sites is 2. The molecule has 1 aromatic heterocycles. The first-order valence-corrected chi connectivity index (χ1v) is 9.27. The van der Waals surface area contributed by atoms with Gasteiger partial charge >= 0.3 is 0 Å². The zero-order valence-electron chi connectivity index (χ0n) is 14.9. The maximum atomic E-state index is 12.3. The van der Waals surface area contributed by atoms with Gasteiger partial charge in [0, 0.05) is 5.56 Å². The fourth-order valence-electron chi connectivity index (χ4n) is 2.31. The van der Waals surface area contributed by atoms with Gasteiger partial charge in [-0.1, -0.05) is 48.3 Å². The maximum absolute atomic E-state index is 12.3. The Morgan fingerprint density at radius 1 is 1.30 bits per heavy atom. The van der Waals surface area contributed by atoms with Gasteiger partial charge in [0.05, 0.1) is 16.4 Å². The van der Waals surface area contributed by atoms with Crippen molar-refractivity contribution >= 4 is 38.8 Å². The number of ether oxygens (including phenoxy) is 1. The van der Waals surface area contributed by atoms with Crippen LogP contribution in [0.2, 0.25) is 0 Å². The number of hydrogen-bond donors (Lipinski definition) is 2. The summed E-state index contributed by atoms with van der Waals surface area (Å²) < 4.78 is 6.63. The molecule has 7 heteroatoms. The molecule has 0 aliphatic carbocycles. The van der Waals surface area contributed by atoms with E-state index in [1.165, 1.54) is 11.3 Å². The molecule has 0 saturated carbocycles. The summed E-state index contributed by atoms with van der Waals surface area (Å²) in [5, 5.41) is 7.83. The molecular weight excluding hydrogens is 360 g/mol. The van der Waals surface area contributed by atoms with E-state index in [1.807, 2.05) is 48.5 Å². The molecule has 0 fully saturated rings. The SMILES string of the molecule is C=CCOc1ccccc1/C=N\NC(=O)[C@H](C)Nc1nc2ccccc2s1. The number of amides is 1. The highest BCUT2D eigenvalue weighted by Gasteiger charge is 2.14. The van der Waals surface area contributed by atoms with Crippen molar-refractivity contribution in [3.05, 3.63) is 66.7 Å². The lowest BCUT2D eigenvalue weighted by molar-refractivity contribution is -0.121. The van der Waals surface area contributed by atoms with E-state index in [-0.39, 0.29) is 5.91 Å². The number of thiazole rings is 1. The molecule has 0 bridgehead atoms. The van der Waals surface area contributed by atoms with E-state index in [1.54, 1.807) is 19.2 Å². The van der Waals surface area contributed by atoms with Gasteiger partial charge in [-0.3, -0.25) is 4.79 Å². The third kappa shape index (κ3) is 4.92. The largest absolute Gasteiger partial charge is 0.489 e. The van der Waals surface area contributed by atoms with Crippen LogP contribution in [-0.4, -0.2) is 29.8 Å².